The number of benzene rings is 2. The number of hydrogen-bond acceptors (Lipinski definition) is 6. The number of sulfonamides is 1. The molecule has 11 heteroatoms. The Hall–Kier alpha value is -2.89. The van der Waals surface area contributed by atoms with Crippen LogP contribution in [0.5, 0.6) is 5.75 Å². The fourth-order valence-corrected chi connectivity index (χ4v) is 6.16. The highest BCUT2D eigenvalue weighted by Crippen LogP contribution is 2.38. The number of aromatic nitrogens is 1. The maximum atomic E-state index is 13.4. The van der Waals surface area contributed by atoms with E-state index in [1.54, 1.807) is 11.4 Å². The minimum atomic E-state index is -4.47. The summed E-state index contributed by atoms with van der Waals surface area (Å²) < 4.78 is 74.2. The van der Waals surface area contributed by atoms with Crippen molar-refractivity contribution in [3.8, 4) is 17.0 Å². The number of alkyl halides is 3. The van der Waals surface area contributed by atoms with Gasteiger partial charge in [0, 0.05) is 23.6 Å². The van der Waals surface area contributed by atoms with Crippen molar-refractivity contribution in [2.45, 2.75) is 30.3 Å². The average Bonchev–Trinajstić information content (AvgIpc) is 3.31. The molecule has 35 heavy (non-hydrogen) atoms. The summed E-state index contributed by atoms with van der Waals surface area (Å²) in [6, 6.07) is 8.34. The van der Waals surface area contributed by atoms with E-state index >= 15 is 0 Å². The Morgan fingerprint density at radius 1 is 1.09 bits per heavy atom. The van der Waals surface area contributed by atoms with E-state index in [1.807, 2.05) is 6.08 Å². The van der Waals surface area contributed by atoms with Crippen LogP contribution in [0.15, 0.2) is 52.7 Å². The van der Waals surface area contributed by atoms with Gasteiger partial charge in [-0.25, -0.2) is 13.4 Å². The molecule has 1 aromatic heterocycles. The molecular formula is C24H22F3N3O3S2. The van der Waals surface area contributed by atoms with Gasteiger partial charge in [0.1, 0.15) is 5.75 Å². The maximum Gasteiger partial charge on any atom is 0.416 e. The SMILES string of the molecule is O=S(=O)(Nc1nc(-c2ccc(C(F)(F)F)cc2C2=CCNCC2)cs1)c1ccc2c(c1)OCCC2. The third kappa shape index (κ3) is 5.07. The second-order valence-corrected chi connectivity index (χ2v) is 10.8. The van der Waals surface area contributed by atoms with Gasteiger partial charge in [-0.1, -0.05) is 18.2 Å². The van der Waals surface area contributed by atoms with Crippen LogP contribution in [0.3, 0.4) is 0 Å². The molecule has 0 bridgehead atoms. The Bertz CT molecular complexity index is 1400. The second kappa shape index (κ2) is 9.29. The molecule has 0 fully saturated rings. The first-order valence-electron chi connectivity index (χ1n) is 11.1. The molecule has 5 rings (SSSR count). The van der Waals surface area contributed by atoms with Crippen LogP contribution in [0, 0.1) is 0 Å². The quantitative estimate of drug-likeness (QED) is 0.474. The molecule has 0 saturated carbocycles. The lowest BCUT2D eigenvalue weighted by Gasteiger charge is -2.19. The molecule has 0 radical (unpaired) electrons. The third-order valence-electron chi connectivity index (χ3n) is 5.96. The monoisotopic (exact) mass is 521 g/mol. The van der Waals surface area contributed by atoms with Gasteiger partial charge in [-0.05, 0) is 60.7 Å². The molecule has 6 nitrogen and oxygen atoms in total. The summed E-state index contributed by atoms with van der Waals surface area (Å²) >= 11 is 1.07. The Labute approximate surface area is 204 Å². The van der Waals surface area contributed by atoms with Crippen LogP contribution in [-0.4, -0.2) is 33.1 Å². The molecule has 0 atom stereocenters. The highest BCUT2D eigenvalue weighted by atomic mass is 32.2. The fraction of sp³-hybridized carbons (Fsp3) is 0.292. The van der Waals surface area contributed by atoms with E-state index in [0.29, 0.717) is 48.7 Å². The lowest BCUT2D eigenvalue weighted by molar-refractivity contribution is -0.137. The summed E-state index contributed by atoms with van der Waals surface area (Å²) in [5.41, 5.74) is 2.41. The summed E-state index contributed by atoms with van der Waals surface area (Å²) in [5.74, 6) is 0.559. The van der Waals surface area contributed by atoms with Crippen LogP contribution in [0.2, 0.25) is 0 Å². The molecule has 2 aromatic carbocycles. The van der Waals surface area contributed by atoms with E-state index in [0.717, 1.165) is 47.4 Å². The predicted molar refractivity (Wildman–Crippen MR) is 129 cm³/mol. The molecule has 2 aliphatic rings. The van der Waals surface area contributed by atoms with Gasteiger partial charge in [0.2, 0.25) is 0 Å². The van der Waals surface area contributed by atoms with Crippen LogP contribution in [-0.2, 0) is 22.6 Å². The first-order chi connectivity index (χ1) is 16.7. The Morgan fingerprint density at radius 2 is 1.94 bits per heavy atom. The average molecular weight is 522 g/mol. The zero-order valence-electron chi connectivity index (χ0n) is 18.5. The summed E-state index contributed by atoms with van der Waals surface area (Å²) in [5, 5.41) is 4.92. The van der Waals surface area contributed by atoms with Gasteiger partial charge in [-0.15, -0.1) is 11.3 Å². The Kier molecular flexibility index (Phi) is 6.32. The zero-order chi connectivity index (χ0) is 24.6. The highest BCUT2D eigenvalue weighted by Gasteiger charge is 2.32. The van der Waals surface area contributed by atoms with E-state index < -0.39 is 21.8 Å². The van der Waals surface area contributed by atoms with Crippen molar-refractivity contribution >= 4 is 32.1 Å². The van der Waals surface area contributed by atoms with E-state index in [9.17, 15) is 21.6 Å². The van der Waals surface area contributed by atoms with Crippen LogP contribution in [0.1, 0.15) is 29.5 Å². The van der Waals surface area contributed by atoms with Crippen LogP contribution < -0.4 is 14.8 Å². The van der Waals surface area contributed by atoms with E-state index in [4.69, 9.17) is 4.74 Å². The van der Waals surface area contributed by atoms with Crippen LogP contribution in [0.25, 0.3) is 16.8 Å². The minimum absolute atomic E-state index is 0.0602. The number of ether oxygens (including phenoxy) is 1. The highest BCUT2D eigenvalue weighted by molar-refractivity contribution is 7.93. The number of nitrogens with zero attached hydrogens (tertiary/aromatic N) is 1. The molecule has 0 spiro atoms. The van der Waals surface area contributed by atoms with Gasteiger partial charge in [0.15, 0.2) is 5.13 Å². The smallest absolute Gasteiger partial charge is 0.416 e. The third-order valence-corrected chi connectivity index (χ3v) is 8.18. The number of halogens is 3. The normalized spacial score (nSPS) is 16.3. The summed E-state index contributed by atoms with van der Waals surface area (Å²) in [6.45, 7) is 1.77. The van der Waals surface area contributed by atoms with Gasteiger partial charge in [-0.2, -0.15) is 13.2 Å². The summed E-state index contributed by atoms with van der Waals surface area (Å²) in [7, 11) is -3.92. The van der Waals surface area contributed by atoms with Gasteiger partial charge in [-0.3, -0.25) is 4.72 Å². The number of anilines is 1. The van der Waals surface area contributed by atoms with Crippen molar-refractivity contribution in [2.75, 3.05) is 24.4 Å². The number of rotatable bonds is 5. The molecule has 184 valence electrons. The van der Waals surface area contributed by atoms with Crippen molar-refractivity contribution in [3.05, 3.63) is 64.5 Å². The minimum Gasteiger partial charge on any atom is -0.493 e. The van der Waals surface area contributed by atoms with Crippen molar-refractivity contribution in [2.24, 2.45) is 0 Å². The van der Waals surface area contributed by atoms with Crippen molar-refractivity contribution in [1.82, 2.24) is 10.3 Å². The Balaban J connectivity index is 1.46. The molecule has 3 aromatic rings. The van der Waals surface area contributed by atoms with E-state index in [1.165, 1.54) is 18.2 Å². The molecule has 3 heterocycles. The number of aryl methyl sites for hydroxylation is 1. The number of nitrogens with one attached hydrogen (secondary N) is 2. The molecule has 2 aliphatic heterocycles. The summed E-state index contributed by atoms with van der Waals surface area (Å²) in [4.78, 5) is 4.46. The van der Waals surface area contributed by atoms with E-state index in [-0.39, 0.29) is 10.0 Å². The van der Waals surface area contributed by atoms with Crippen molar-refractivity contribution in [3.63, 3.8) is 0 Å². The maximum absolute atomic E-state index is 13.4. The fourth-order valence-electron chi connectivity index (χ4n) is 4.18. The lowest BCUT2D eigenvalue weighted by Crippen LogP contribution is -2.20. The van der Waals surface area contributed by atoms with Crippen LogP contribution >= 0.6 is 11.3 Å². The molecule has 2 N–H and O–H groups in total. The number of hydrogen-bond donors (Lipinski definition) is 2. The molecule has 0 aliphatic carbocycles. The molecule has 0 saturated heterocycles. The van der Waals surface area contributed by atoms with Gasteiger partial charge in [0.25, 0.3) is 10.0 Å². The zero-order valence-corrected chi connectivity index (χ0v) is 20.1. The first kappa shape index (κ1) is 23.8. The lowest BCUT2D eigenvalue weighted by atomic mass is 9.92. The van der Waals surface area contributed by atoms with Gasteiger partial charge >= 0.3 is 6.18 Å². The Morgan fingerprint density at radius 3 is 2.71 bits per heavy atom. The summed E-state index contributed by atoms with van der Waals surface area (Å²) in [6.07, 6.45) is -0.295. The van der Waals surface area contributed by atoms with Gasteiger partial charge in [0.05, 0.1) is 22.8 Å². The van der Waals surface area contributed by atoms with Crippen molar-refractivity contribution in [1.29, 1.82) is 0 Å². The topological polar surface area (TPSA) is 80.3 Å². The van der Waals surface area contributed by atoms with Gasteiger partial charge < -0.3 is 10.1 Å². The standard InChI is InChI=1S/C24H22F3N3O3S2/c25-24(26,27)17-4-6-19(20(12-17)15-7-9-28-10-8-15)21-14-34-23(29-21)30-35(31,32)18-5-3-16-2-1-11-33-22(16)13-18/h3-7,12-14,28H,1-2,8-11H2,(H,29,30). The van der Waals surface area contributed by atoms with Crippen molar-refractivity contribution < 1.29 is 26.3 Å². The number of thiazole rings is 1. The predicted octanol–water partition coefficient (Wildman–Crippen LogP) is 5.33. The largest absolute Gasteiger partial charge is 0.493 e. The first-order valence-corrected chi connectivity index (χ1v) is 13.4. The number of fused-ring (bicyclic) bond motifs is 1. The molecular weight excluding hydrogens is 499 g/mol. The van der Waals surface area contributed by atoms with E-state index in [2.05, 4.69) is 15.0 Å². The molecule has 0 unspecified atom stereocenters. The second-order valence-electron chi connectivity index (χ2n) is 8.31. The molecule has 0 amide bonds. The van der Waals surface area contributed by atoms with Crippen LogP contribution in [0.4, 0.5) is 18.3 Å².